The lowest BCUT2D eigenvalue weighted by molar-refractivity contribution is 0.101. The van der Waals surface area contributed by atoms with Gasteiger partial charge >= 0.3 is 0 Å². The first-order chi connectivity index (χ1) is 6.77. The van der Waals surface area contributed by atoms with E-state index in [2.05, 4.69) is 15.0 Å². The highest BCUT2D eigenvalue weighted by molar-refractivity contribution is 6.07. The molecule has 0 atom stereocenters. The first-order valence-electron chi connectivity index (χ1n) is 4.30. The molecular weight excluding hydrogens is 178 g/mol. The van der Waals surface area contributed by atoms with Gasteiger partial charge < -0.3 is 0 Å². The lowest BCUT2D eigenvalue weighted by atomic mass is 10.1. The summed E-state index contributed by atoms with van der Waals surface area (Å²) in [6.45, 7) is 2.10. The van der Waals surface area contributed by atoms with E-state index < -0.39 is 0 Å². The quantitative estimate of drug-likeness (QED) is 0.651. The highest BCUT2D eigenvalue weighted by Crippen LogP contribution is 2.04. The first-order valence-corrected chi connectivity index (χ1v) is 4.30. The van der Waals surface area contributed by atoms with Crippen LogP contribution in [0.3, 0.4) is 0 Å². The van der Waals surface area contributed by atoms with Crippen LogP contribution in [0.2, 0.25) is 0 Å². The van der Waals surface area contributed by atoms with Crippen LogP contribution in [-0.4, -0.2) is 29.4 Å². The summed E-state index contributed by atoms with van der Waals surface area (Å²) in [5, 5.41) is 0. The summed E-state index contributed by atoms with van der Waals surface area (Å²) in [4.78, 5) is 23.2. The highest BCUT2D eigenvalue weighted by atomic mass is 16.1. The topological polar surface area (TPSA) is 54.7 Å². The Morgan fingerprint density at radius 1 is 1.43 bits per heavy atom. The second kappa shape index (κ2) is 3.49. The third-order valence-corrected chi connectivity index (χ3v) is 2.00. The summed E-state index contributed by atoms with van der Waals surface area (Å²) in [6, 6.07) is 3.55. The molecule has 0 spiro atoms. The molecule has 1 aromatic rings. The Hall–Kier alpha value is -1.84. The summed E-state index contributed by atoms with van der Waals surface area (Å²) < 4.78 is 0. The highest BCUT2D eigenvalue weighted by Gasteiger charge is 2.07. The summed E-state index contributed by atoms with van der Waals surface area (Å²) in [5.41, 5.74) is 2.25. The molecule has 0 saturated heterocycles. The van der Waals surface area contributed by atoms with Crippen LogP contribution in [0.15, 0.2) is 28.3 Å². The number of hydrogen-bond acceptors (Lipinski definition) is 4. The molecular formula is C10H9N3O. The Bertz CT molecular complexity index is 417. The number of nitrogens with zero attached hydrogens (tertiary/aromatic N) is 3. The van der Waals surface area contributed by atoms with Crippen LogP contribution in [-0.2, 0) is 0 Å². The van der Waals surface area contributed by atoms with E-state index >= 15 is 0 Å². The molecule has 0 saturated carbocycles. The number of rotatable bonds is 2. The van der Waals surface area contributed by atoms with E-state index in [0.29, 0.717) is 12.1 Å². The molecule has 0 unspecified atom stereocenters. The SMILES string of the molecule is CC(=O)c1ccc(C2=NC=NC2)nc1. The number of aromatic nitrogens is 1. The van der Waals surface area contributed by atoms with Crippen LogP contribution in [0.5, 0.6) is 0 Å². The summed E-state index contributed by atoms with van der Waals surface area (Å²) in [7, 11) is 0. The van der Waals surface area contributed by atoms with Gasteiger partial charge in [0.15, 0.2) is 5.78 Å². The Morgan fingerprint density at radius 2 is 2.29 bits per heavy atom. The van der Waals surface area contributed by atoms with Crippen LogP contribution in [0.1, 0.15) is 23.0 Å². The zero-order valence-corrected chi connectivity index (χ0v) is 7.77. The van der Waals surface area contributed by atoms with Crippen LogP contribution in [0, 0.1) is 0 Å². The van der Waals surface area contributed by atoms with Crippen LogP contribution in [0.4, 0.5) is 0 Å². The Balaban J connectivity index is 2.26. The van der Waals surface area contributed by atoms with E-state index in [1.807, 2.05) is 0 Å². The van der Waals surface area contributed by atoms with Crippen molar-refractivity contribution in [2.24, 2.45) is 9.98 Å². The van der Waals surface area contributed by atoms with Gasteiger partial charge in [-0.05, 0) is 19.1 Å². The van der Waals surface area contributed by atoms with Crippen molar-refractivity contribution in [2.45, 2.75) is 6.92 Å². The van der Waals surface area contributed by atoms with Gasteiger partial charge in [-0.25, -0.2) is 4.99 Å². The molecule has 0 fully saturated rings. The van der Waals surface area contributed by atoms with Crippen molar-refractivity contribution in [1.29, 1.82) is 0 Å². The molecule has 1 aromatic heterocycles. The fourth-order valence-corrected chi connectivity index (χ4v) is 1.20. The largest absolute Gasteiger partial charge is 0.294 e. The van der Waals surface area contributed by atoms with Gasteiger partial charge in [0.2, 0.25) is 0 Å². The minimum Gasteiger partial charge on any atom is -0.294 e. The molecule has 1 aliphatic heterocycles. The van der Waals surface area contributed by atoms with Crippen molar-refractivity contribution in [2.75, 3.05) is 6.54 Å². The van der Waals surface area contributed by atoms with Crippen molar-refractivity contribution in [1.82, 2.24) is 4.98 Å². The normalized spacial score (nSPS) is 14.2. The van der Waals surface area contributed by atoms with Crippen molar-refractivity contribution in [3.8, 4) is 0 Å². The molecule has 0 aliphatic carbocycles. The van der Waals surface area contributed by atoms with Gasteiger partial charge in [0.05, 0.1) is 18.0 Å². The van der Waals surface area contributed by atoms with E-state index in [0.717, 1.165) is 11.4 Å². The lowest BCUT2D eigenvalue weighted by Gasteiger charge is -1.99. The molecule has 0 N–H and O–H groups in total. The molecule has 0 amide bonds. The number of carbonyl (C=O) groups excluding carboxylic acids is 1. The second-order valence-electron chi connectivity index (χ2n) is 3.02. The number of hydrogen-bond donors (Lipinski definition) is 0. The smallest absolute Gasteiger partial charge is 0.161 e. The van der Waals surface area contributed by atoms with Gasteiger partial charge in [-0.3, -0.25) is 14.8 Å². The molecule has 70 valence electrons. The number of carbonyl (C=O) groups is 1. The Morgan fingerprint density at radius 3 is 2.79 bits per heavy atom. The number of aliphatic imine (C=N–C) groups is 2. The molecule has 2 heterocycles. The monoisotopic (exact) mass is 187 g/mol. The van der Waals surface area contributed by atoms with Crippen LogP contribution >= 0.6 is 0 Å². The molecule has 0 radical (unpaired) electrons. The summed E-state index contributed by atoms with van der Waals surface area (Å²) in [5.74, 6) is 0.0219. The fraction of sp³-hybridized carbons (Fsp3) is 0.200. The predicted molar refractivity (Wildman–Crippen MR) is 54.1 cm³/mol. The maximum Gasteiger partial charge on any atom is 0.161 e. The molecule has 4 nitrogen and oxygen atoms in total. The third-order valence-electron chi connectivity index (χ3n) is 2.00. The van der Waals surface area contributed by atoms with Gasteiger partial charge in [0.1, 0.15) is 6.34 Å². The van der Waals surface area contributed by atoms with Crippen molar-refractivity contribution >= 4 is 17.8 Å². The van der Waals surface area contributed by atoms with E-state index in [1.54, 1.807) is 18.3 Å². The minimum atomic E-state index is 0.0219. The van der Waals surface area contributed by atoms with E-state index in [9.17, 15) is 4.79 Å². The van der Waals surface area contributed by atoms with Crippen molar-refractivity contribution in [3.05, 3.63) is 29.6 Å². The second-order valence-corrected chi connectivity index (χ2v) is 3.02. The zero-order valence-electron chi connectivity index (χ0n) is 7.77. The first kappa shape index (κ1) is 8.74. The van der Waals surface area contributed by atoms with Crippen LogP contribution < -0.4 is 0 Å². The Kier molecular flexibility index (Phi) is 2.18. The van der Waals surface area contributed by atoms with Crippen molar-refractivity contribution in [3.63, 3.8) is 0 Å². The average molecular weight is 187 g/mol. The summed E-state index contributed by atoms with van der Waals surface area (Å²) in [6.07, 6.45) is 3.09. The molecule has 14 heavy (non-hydrogen) atoms. The van der Waals surface area contributed by atoms with Gasteiger partial charge in [0.25, 0.3) is 0 Å². The molecule has 1 aliphatic rings. The van der Waals surface area contributed by atoms with Crippen molar-refractivity contribution < 1.29 is 4.79 Å². The maximum atomic E-state index is 11.0. The number of Topliss-reactive ketones (excluding diaryl/α,β-unsaturated/α-hetero) is 1. The van der Waals surface area contributed by atoms with Crippen LogP contribution in [0.25, 0.3) is 0 Å². The molecule has 4 heteroatoms. The van der Waals surface area contributed by atoms with Gasteiger partial charge in [-0.2, -0.15) is 0 Å². The van der Waals surface area contributed by atoms with E-state index in [4.69, 9.17) is 0 Å². The van der Waals surface area contributed by atoms with E-state index in [-0.39, 0.29) is 5.78 Å². The molecule has 0 aromatic carbocycles. The number of pyridine rings is 1. The maximum absolute atomic E-state index is 11.0. The zero-order chi connectivity index (χ0) is 9.97. The fourth-order valence-electron chi connectivity index (χ4n) is 1.20. The van der Waals surface area contributed by atoms with Gasteiger partial charge in [0, 0.05) is 11.8 Å². The molecule has 0 bridgehead atoms. The average Bonchev–Trinajstić information content (AvgIpc) is 2.71. The molecule has 2 rings (SSSR count). The van der Waals surface area contributed by atoms with E-state index in [1.165, 1.54) is 13.3 Å². The van der Waals surface area contributed by atoms with Gasteiger partial charge in [-0.15, -0.1) is 0 Å². The lowest BCUT2D eigenvalue weighted by Crippen LogP contribution is -2.05. The Labute approximate surface area is 81.4 Å². The third kappa shape index (κ3) is 1.59. The minimum absolute atomic E-state index is 0.0219. The number of ketones is 1. The van der Waals surface area contributed by atoms with Gasteiger partial charge in [-0.1, -0.05) is 0 Å². The standard InChI is InChI=1S/C10H9N3O/c1-7(14)8-2-3-9(12-4-8)10-5-11-6-13-10/h2-4,6H,5H2,1H3. The summed E-state index contributed by atoms with van der Waals surface area (Å²) >= 11 is 0. The predicted octanol–water partition coefficient (Wildman–Crippen LogP) is 1.12.